The summed E-state index contributed by atoms with van der Waals surface area (Å²) in [7, 11) is 0. The molecule has 0 spiro atoms. The van der Waals surface area contributed by atoms with E-state index in [1.165, 1.54) is 32.1 Å². The smallest absolute Gasteiger partial charge is 0.312 e. The number of rotatable bonds is 4. The van der Waals surface area contributed by atoms with Crippen molar-refractivity contribution < 1.29 is 9.90 Å². The Morgan fingerprint density at radius 1 is 1.33 bits per heavy atom. The van der Waals surface area contributed by atoms with Gasteiger partial charge < -0.3 is 5.11 Å². The molecule has 2 saturated heterocycles. The topological polar surface area (TPSA) is 56.7 Å². The Morgan fingerprint density at radius 2 is 2.12 bits per heavy atom. The number of carboxylic acids is 1. The predicted octanol–water partition coefficient (Wildman–Crippen LogP) is 2.60. The third-order valence-electron chi connectivity index (χ3n) is 6.28. The number of aliphatic carboxylic acids is 1. The molecule has 5 nitrogen and oxygen atoms in total. The number of hydrogen-bond acceptors (Lipinski definition) is 5. The summed E-state index contributed by atoms with van der Waals surface area (Å²) in [5.74, 6) is -0.334. The Kier molecular flexibility index (Phi) is 4.39. The number of fused-ring (bicyclic) bond motifs is 1. The maximum Gasteiger partial charge on any atom is 0.312 e. The van der Waals surface area contributed by atoms with Crippen molar-refractivity contribution in [3.05, 3.63) is 16.1 Å². The number of thiazole rings is 1. The predicted molar refractivity (Wildman–Crippen MR) is 94.1 cm³/mol. The van der Waals surface area contributed by atoms with Crippen LogP contribution in [0.4, 0.5) is 0 Å². The average Bonchev–Trinajstić information content (AvgIpc) is 3.21. The van der Waals surface area contributed by atoms with Crippen molar-refractivity contribution >= 4 is 17.3 Å². The van der Waals surface area contributed by atoms with Crippen LogP contribution in [0.3, 0.4) is 0 Å². The summed E-state index contributed by atoms with van der Waals surface area (Å²) in [5.41, 5.74) is 0.518. The van der Waals surface area contributed by atoms with Crippen molar-refractivity contribution in [2.45, 2.75) is 51.6 Å². The van der Waals surface area contributed by atoms with E-state index in [1.54, 1.807) is 11.3 Å². The third kappa shape index (κ3) is 2.89. The number of aromatic nitrogens is 1. The van der Waals surface area contributed by atoms with Crippen LogP contribution in [-0.4, -0.2) is 58.1 Å². The first kappa shape index (κ1) is 16.5. The Labute approximate surface area is 147 Å². The maximum absolute atomic E-state index is 12.2. The molecule has 3 fully saturated rings. The lowest BCUT2D eigenvalue weighted by Crippen LogP contribution is -2.43. The minimum absolute atomic E-state index is 0.261. The molecular formula is C18H27N3O2S. The van der Waals surface area contributed by atoms with Crippen LogP contribution in [0, 0.1) is 18.3 Å². The minimum atomic E-state index is -0.595. The first-order chi connectivity index (χ1) is 11.6. The van der Waals surface area contributed by atoms with E-state index in [0.717, 1.165) is 36.9 Å². The summed E-state index contributed by atoms with van der Waals surface area (Å²) >= 11 is 1.67. The normalized spacial score (nSPS) is 32.3. The van der Waals surface area contributed by atoms with Gasteiger partial charge in [-0.1, -0.05) is 19.3 Å². The van der Waals surface area contributed by atoms with Crippen molar-refractivity contribution in [2.24, 2.45) is 11.3 Å². The molecular weight excluding hydrogens is 322 g/mol. The minimum Gasteiger partial charge on any atom is -0.481 e. The largest absolute Gasteiger partial charge is 0.481 e. The van der Waals surface area contributed by atoms with Crippen LogP contribution in [0.25, 0.3) is 0 Å². The van der Waals surface area contributed by atoms with Crippen LogP contribution in [0.5, 0.6) is 0 Å². The standard InChI is InChI=1S/C18H27N3O2S/c1-13-19-15(10-24-13)9-20-7-14-8-21(16-5-3-2-4-6-16)12-18(14,11-20)17(22)23/h10,14,16H,2-9,11-12H2,1H3,(H,22,23)/t14-,18-/m0/s1. The van der Waals surface area contributed by atoms with Crippen molar-refractivity contribution in [1.29, 1.82) is 0 Å². The van der Waals surface area contributed by atoms with Gasteiger partial charge in [0.15, 0.2) is 0 Å². The molecule has 1 aliphatic carbocycles. The Hall–Kier alpha value is -0.980. The van der Waals surface area contributed by atoms with Crippen LogP contribution >= 0.6 is 11.3 Å². The van der Waals surface area contributed by atoms with Crippen molar-refractivity contribution in [3.8, 4) is 0 Å². The fraction of sp³-hybridized carbons (Fsp3) is 0.778. The lowest BCUT2D eigenvalue weighted by atomic mass is 9.81. The molecule has 0 bridgehead atoms. The lowest BCUT2D eigenvalue weighted by molar-refractivity contribution is -0.149. The second-order valence-electron chi connectivity index (χ2n) is 7.91. The highest BCUT2D eigenvalue weighted by Gasteiger charge is 2.58. The van der Waals surface area contributed by atoms with Crippen molar-refractivity contribution in [2.75, 3.05) is 26.2 Å². The van der Waals surface area contributed by atoms with E-state index >= 15 is 0 Å². The van der Waals surface area contributed by atoms with Gasteiger partial charge >= 0.3 is 5.97 Å². The number of aryl methyl sites for hydroxylation is 1. The van der Waals surface area contributed by atoms with Crippen LogP contribution in [0.1, 0.15) is 42.8 Å². The number of nitrogens with zero attached hydrogens (tertiary/aromatic N) is 3. The Morgan fingerprint density at radius 3 is 2.75 bits per heavy atom. The molecule has 1 N–H and O–H groups in total. The molecule has 132 valence electrons. The van der Waals surface area contributed by atoms with Crippen LogP contribution in [-0.2, 0) is 11.3 Å². The van der Waals surface area contributed by atoms with E-state index in [4.69, 9.17) is 0 Å². The molecule has 0 aromatic carbocycles. The van der Waals surface area contributed by atoms with Gasteiger partial charge in [-0.25, -0.2) is 4.98 Å². The van der Waals surface area contributed by atoms with Crippen LogP contribution in [0.2, 0.25) is 0 Å². The van der Waals surface area contributed by atoms with E-state index in [0.29, 0.717) is 12.6 Å². The summed E-state index contributed by atoms with van der Waals surface area (Å²) in [6.07, 6.45) is 6.47. The van der Waals surface area contributed by atoms with E-state index in [-0.39, 0.29) is 5.92 Å². The number of carbonyl (C=O) groups is 1. The van der Waals surface area contributed by atoms with Gasteiger partial charge in [0.2, 0.25) is 0 Å². The van der Waals surface area contributed by atoms with Gasteiger partial charge in [-0.05, 0) is 19.8 Å². The average molecular weight is 350 g/mol. The molecule has 1 aromatic rings. The summed E-state index contributed by atoms with van der Waals surface area (Å²) in [4.78, 5) is 21.5. The van der Waals surface area contributed by atoms with Crippen LogP contribution in [0.15, 0.2) is 5.38 Å². The molecule has 1 aromatic heterocycles. The molecule has 0 radical (unpaired) electrons. The second kappa shape index (κ2) is 6.39. The molecule has 0 unspecified atom stereocenters. The molecule has 2 aliphatic heterocycles. The van der Waals surface area contributed by atoms with Gasteiger partial charge in [0.05, 0.1) is 16.1 Å². The highest BCUT2D eigenvalue weighted by atomic mass is 32.1. The third-order valence-corrected chi connectivity index (χ3v) is 7.10. The van der Waals surface area contributed by atoms with E-state index < -0.39 is 11.4 Å². The molecule has 3 aliphatic rings. The fourth-order valence-corrected chi connectivity index (χ4v) is 5.67. The van der Waals surface area contributed by atoms with Gasteiger partial charge in [-0.15, -0.1) is 11.3 Å². The summed E-state index contributed by atoms with van der Waals surface area (Å²) in [6, 6.07) is 0.621. The van der Waals surface area contributed by atoms with E-state index in [9.17, 15) is 9.90 Å². The maximum atomic E-state index is 12.2. The van der Waals surface area contributed by atoms with Gasteiger partial charge in [-0.2, -0.15) is 0 Å². The molecule has 1 saturated carbocycles. The zero-order chi connectivity index (χ0) is 16.7. The Balaban J connectivity index is 1.45. The summed E-state index contributed by atoms with van der Waals surface area (Å²) in [5, 5.41) is 13.2. The summed E-state index contributed by atoms with van der Waals surface area (Å²) in [6.45, 7) is 6.08. The first-order valence-corrected chi connectivity index (χ1v) is 10.1. The molecule has 6 heteroatoms. The first-order valence-electron chi connectivity index (χ1n) is 9.18. The molecule has 2 atom stereocenters. The lowest BCUT2D eigenvalue weighted by Gasteiger charge is -2.33. The summed E-state index contributed by atoms with van der Waals surface area (Å²) < 4.78 is 0. The monoisotopic (exact) mass is 349 g/mol. The van der Waals surface area contributed by atoms with Gasteiger partial charge in [-0.3, -0.25) is 14.6 Å². The van der Waals surface area contributed by atoms with E-state index in [1.807, 2.05) is 6.92 Å². The molecule has 3 heterocycles. The fourth-order valence-electron chi connectivity index (χ4n) is 5.07. The highest BCUT2D eigenvalue weighted by Crippen LogP contribution is 2.45. The van der Waals surface area contributed by atoms with Gasteiger partial charge in [0.1, 0.15) is 0 Å². The Bertz CT molecular complexity index is 613. The van der Waals surface area contributed by atoms with Crippen molar-refractivity contribution in [3.63, 3.8) is 0 Å². The molecule has 0 amide bonds. The molecule has 24 heavy (non-hydrogen) atoms. The zero-order valence-electron chi connectivity index (χ0n) is 14.4. The van der Waals surface area contributed by atoms with E-state index in [2.05, 4.69) is 20.2 Å². The highest BCUT2D eigenvalue weighted by molar-refractivity contribution is 7.09. The number of likely N-dealkylation sites (tertiary alicyclic amines) is 2. The van der Waals surface area contributed by atoms with Crippen molar-refractivity contribution in [1.82, 2.24) is 14.8 Å². The SMILES string of the molecule is Cc1nc(CN2C[C@H]3CN(C4CCCCC4)C[C@@]3(C(=O)O)C2)cs1. The zero-order valence-corrected chi connectivity index (χ0v) is 15.2. The van der Waals surface area contributed by atoms with Gasteiger partial charge in [0, 0.05) is 50.1 Å². The molecule has 4 rings (SSSR count). The quantitative estimate of drug-likeness (QED) is 0.905. The second-order valence-corrected chi connectivity index (χ2v) is 8.97. The van der Waals surface area contributed by atoms with Crippen LogP contribution < -0.4 is 0 Å². The number of carboxylic acid groups (broad SMARTS) is 1. The number of hydrogen-bond donors (Lipinski definition) is 1. The van der Waals surface area contributed by atoms with Gasteiger partial charge in [0.25, 0.3) is 0 Å².